The van der Waals surface area contributed by atoms with Crippen molar-refractivity contribution < 1.29 is 18.3 Å². The number of carbonyl (C=O) groups is 1. The lowest BCUT2D eigenvalue weighted by Gasteiger charge is -2.23. The second-order valence-electron chi connectivity index (χ2n) is 4.08. The lowest BCUT2D eigenvalue weighted by molar-refractivity contribution is -0.137. The topological polar surface area (TPSA) is 74.7 Å². The normalized spacial score (nSPS) is 17.3. The average Bonchev–Trinajstić information content (AvgIpc) is 2.87. The molecule has 0 aliphatic heterocycles. The fourth-order valence-electron chi connectivity index (χ4n) is 1.36. The van der Waals surface area contributed by atoms with Crippen molar-refractivity contribution >= 4 is 16.0 Å². The molecule has 15 heavy (non-hydrogen) atoms. The van der Waals surface area contributed by atoms with Gasteiger partial charge in [0.1, 0.15) is 0 Å². The van der Waals surface area contributed by atoms with E-state index in [0.717, 1.165) is 12.8 Å². The highest BCUT2D eigenvalue weighted by atomic mass is 32.2. The Hall–Kier alpha value is -0.620. The van der Waals surface area contributed by atoms with Crippen molar-refractivity contribution in [2.24, 2.45) is 0 Å². The van der Waals surface area contributed by atoms with Gasteiger partial charge in [-0.3, -0.25) is 4.79 Å². The minimum absolute atomic E-state index is 0.0387. The molecule has 0 spiro atoms. The molecule has 1 aliphatic carbocycles. The molecule has 5 nitrogen and oxygen atoms in total. The van der Waals surface area contributed by atoms with Crippen molar-refractivity contribution in [2.75, 3.05) is 6.54 Å². The lowest BCUT2D eigenvalue weighted by Crippen LogP contribution is -2.39. The molecule has 0 atom stereocenters. The zero-order chi connectivity index (χ0) is 11.6. The fourth-order valence-corrected chi connectivity index (χ4v) is 2.87. The maximum atomic E-state index is 11.9. The number of sulfonamides is 1. The maximum absolute atomic E-state index is 11.9. The zero-order valence-electron chi connectivity index (χ0n) is 9.01. The molecule has 0 aromatic heterocycles. The van der Waals surface area contributed by atoms with Gasteiger partial charge in [-0.1, -0.05) is 0 Å². The van der Waals surface area contributed by atoms with Crippen LogP contribution in [0.3, 0.4) is 0 Å². The first-order chi connectivity index (χ1) is 6.85. The van der Waals surface area contributed by atoms with Crippen LogP contribution in [-0.4, -0.2) is 41.6 Å². The van der Waals surface area contributed by atoms with Crippen LogP contribution in [0.5, 0.6) is 0 Å². The van der Waals surface area contributed by atoms with Crippen LogP contribution in [0.2, 0.25) is 0 Å². The molecular weight excluding hydrogens is 218 g/mol. The molecule has 0 bridgehead atoms. The van der Waals surface area contributed by atoms with E-state index in [9.17, 15) is 13.2 Å². The van der Waals surface area contributed by atoms with Gasteiger partial charge < -0.3 is 5.11 Å². The number of hydrogen-bond donors (Lipinski definition) is 1. The SMILES string of the molecule is CC(C)S(=O)(=O)N(CCC(=O)O)C1CC1. The van der Waals surface area contributed by atoms with Gasteiger partial charge in [-0.15, -0.1) is 0 Å². The van der Waals surface area contributed by atoms with Crippen LogP contribution in [0, 0.1) is 0 Å². The first-order valence-electron chi connectivity index (χ1n) is 5.08. The van der Waals surface area contributed by atoms with E-state index in [2.05, 4.69) is 0 Å². The third kappa shape index (κ3) is 3.17. The van der Waals surface area contributed by atoms with Crippen molar-refractivity contribution in [1.82, 2.24) is 4.31 Å². The standard InChI is InChI=1S/C9H17NO4S/c1-7(2)15(13,14)10(8-3-4-8)6-5-9(11)12/h7-8H,3-6H2,1-2H3,(H,11,12). The predicted molar refractivity (Wildman–Crippen MR) is 56.0 cm³/mol. The van der Waals surface area contributed by atoms with Crippen molar-refractivity contribution in [1.29, 1.82) is 0 Å². The van der Waals surface area contributed by atoms with Crippen LogP contribution in [-0.2, 0) is 14.8 Å². The number of aliphatic carboxylic acids is 1. The summed E-state index contributed by atoms with van der Waals surface area (Å²) in [7, 11) is -3.30. The van der Waals surface area contributed by atoms with E-state index >= 15 is 0 Å². The highest BCUT2D eigenvalue weighted by Gasteiger charge is 2.38. The fraction of sp³-hybridized carbons (Fsp3) is 0.889. The monoisotopic (exact) mass is 235 g/mol. The Morgan fingerprint density at radius 2 is 2.00 bits per heavy atom. The molecule has 0 radical (unpaired) electrons. The highest BCUT2D eigenvalue weighted by molar-refractivity contribution is 7.89. The number of rotatable bonds is 6. The molecule has 0 heterocycles. The second kappa shape index (κ2) is 4.49. The molecule has 1 N–H and O–H groups in total. The third-order valence-corrected chi connectivity index (χ3v) is 4.75. The number of nitrogens with zero attached hydrogens (tertiary/aromatic N) is 1. The van der Waals surface area contributed by atoms with E-state index < -0.39 is 21.2 Å². The van der Waals surface area contributed by atoms with E-state index in [1.54, 1.807) is 13.8 Å². The summed E-state index contributed by atoms with van der Waals surface area (Å²) in [5.41, 5.74) is 0. The van der Waals surface area contributed by atoms with E-state index in [-0.39, 0.29) is 19.0 Å². The number of carboxylic acids is 1. The Balaban J connectivity index is 2.69. The van der Waals surface area contributed by atoms with Crippen LogP contribution in [0.15, 0.2) is 0 Å². The van der Waals surface area contributed by atoms with Crippen molar-refractivity contribution in [2.45, 2.75) is 44.4 Å². The first kappa shape index (κ1) is 12.4. The van der Waals surface area contributed by atoms with Crippen LogP contribution in [0.1, 0.15) is 33.1 Å². The number of carboxylic acid groups (broad SMARTS) is 1. The summed E-state index contributed by atoms with van der Waals surface area (Å²) in [4.78, 5) is 10.4. The largest absolute Gasteiger partial charge is 0.481 e. The average molecular weight is 235 g/mol. The summed E-state index contributed by atoms with van der Waals surface area (Å²) in [6.07, 6.45) is 1.58. The molecule has 0 amide bonds. The molecule has 0 unspecified atom stereocenters. The zero-order valence-corrected chi connectivity index (χ0v) is 9.83. The highest BCUT2D eigenvalue weighted by Crippen LogP contribution is 2.30. The van der Waals surface area contributed by atoms with E-state index in [1.165, 1.54) is 4.31 Å². The van der Waals surface area contributed by atoms with Crippen LogP contribution < -0.4 is 0 Å². The third-order valence-electron chi connectivity index (χ3n) is 2.42. The Labute approximate surface area is 90.1 Å². The molecule has 6 heteroatoms. The molecule has 1 aliphatic rings. The van der Waals surface area contributed by atoms with Crippen LogP contribution in [0.4, 0.5) is 0 Å². The summed E-state index contributed by atoms with van der Waals surface area (Å²) >= 11 is 0. The summed E-state index contributed by atoms with van der Waals surface area (Å²) in [6.45, 7) is 3.33. The lowest BCUT2D eigenvalue weighted by atomic mass is 10.4. The van der Waals surface area contributed by atoms with Crippen LogP contribution >= 0.6 is 0 Å². The van der Waals surface area contributed by atoms with Gasteiger partial charge in [0.2, 0.25) is 10.0 Å². The Morgan fingerprint density at radius 3 is 2.33 bits per heavy atom. The number of hydrogen-bond acceptors (Lipinski definition) is 3. The van der Waals surface area contributed by atoms with E-state index in [4.69, 9.17) is 5.11 Å². The quantitative estimate of drug-likeness (QED) is 0.734. The second-order valence-corrected chi connectivity index (χ2v) is 6.52. The maximum Gasteiger partial charge on any atom is 0.304 e. The first-order valence-corrected chi connectivity index (χ1v) is 6.58. The summed E-state index contributed by atoms with van der Waals surface area (Å²) < 4.78 is 25.1. The molecule has 1 saturated carbocycles. The van der Waals surface area contributed by atoms with Gasteiger partial charge in [-0.25, -0.2) is 8.42 Å². The Morgan fingerprint density at radius 1 is 1.47 bits per heavy atom. The van der Waals surface area contributed by atoms with Gasteiger partial charge >= 0.3 is 5.97 Å². The summed E-state index contributed by atoms with van der Waals surface area (Å²) in [5, 5.41) is 8.07. The molecule has 0 aromatic carbocycles. The van der Waals surface area contributed by atoms with E-state index in [1.807, 2.05) is 0 Å². The molecule has 1 rings (SSSR count). The molecule has 88 valence electrons. The van der Waals surface area contributed by atoms with Gasteiger partial charge in [-0.2, -0.15) is 4.31 Å². The molecular formula is C9H17NO4S. The molecule has 0 saturated heterocycles. The minimum Gasteiger partial charge on any atom is -0.481 e. The van der Waals surface area contributed by atoms with Crippen molar-refractivity contribution in [3.63, 3.8) is 0 Å². The van der Waals surface area contributed by atoms with Gasteiger partial charge in [0, 0.05) is 12.6 Å². The molecule has 1 fully saturated rings. The Kier molecular flexibility index (Phi) is 3.72. The van der Waals surface area contributed by atoms with Crippen molar-refractivity contribution in [3.05, 3.63) is 0 Å². The van der Waals surface area contributed by atoms with Gasteiger partial charge in [0.05, 0.1) is 11.7 Å². The van der Waals surface area contributed by atoms with E-state index in [0.29, 0.717) is 0 Å². The van der Waals surface area contributed by atoms with Gasteiger partial charge in [-0.05, 0) is 26.7 Å². The van der Waals surface area contributed by atoms with Crippen molar-refractivity contribution in [3.8, 4) is 0 Å². The summed E-state index contributed by atoms with van der Waals surface area (Å²) in [6, 6.07) is 0.0387. The Bertz CT molecular complexity index is 332. The van der Waals surface area contributed by atoms with Gasteiger partial charge in [0.25, 0.3) is 0 Å². The van der Waals surface area contributed by atoms with Crippen LogP contribution in [0.25, 0.3) is 0 Å². The predicted octanol–water partition coefficient (Wildman–Crippen LogP) is 0.664. The minimum atomic E-state index is -3.30. The van der Waals surface area contributed by atoms with Gasteiger partial charge in [0.15, 0.2) is 0 Å². The molecule has 0 aromatic rings. The smallest absolute Gasteiger partial charge is 0.304 e. The summed E-state index contributed by atoms with van der Waals surface area (Å²) in [5.74, 6) is -0.959.